The molecule has 0 aliphatic heterocycles. The molecule has 0 saturated carbocycles. The van der Waals surface area contributed by atoms with Crippen LogP contribution in [0, 0.1) is 12.3 Å². The van der Waals surface area contributed by atoms with Crippen LogP contribution in [0.5, 0.6) is 11.5 Å². The molecule has 0 fully saturated rings. The van der Waals surface area contributed by atoms with Crippen molar-refractivity contribution in [1.82, 2.24) is 5.32 Å². The third-order valence-corrected chi connectivity index (χ3v) is 6.38. The van der Waals surface area contributed by atoms with Crippen molar-refractivity contribution < 1.29 is 33.6 Å². The molecule has 0 aliphatic carbocycles. The number of carbonyl (C=O) groups is 2. The number of β-amino-alcohol motifs (C(OH)–C–C–N with tert-alkyl or cyclic N) is 1. The second-order valence-electron chi connectivity index (χ2n) is 12.0. The molecular formula is C34H43NO7. The molecule has 3 aromatic rings. The third kappa shape index (κ3) is 10.5. The lowest BCUT2D eigenvalue weighted by molar-refractivity contribution is -0.155. The predicted molar refractivity (Wildman–Crippen MR) is 162 cm³/mol. The van der Waals surface area contributed by atoms with E-state index in [1.54, 1.807) is 39.8 Å². The number of hydrogen-bond acceptors (Lipinski definition) is 8. The highest BCUT2D eigenvalue weighted by molar-refractivity contribution is 5.92. The van der Waals surface area contributed by atoms with Crippen molar-refractivity contribution in [2.75, 3.05) is 19.8 Å². The van der Waals surface area contributed by atoms with Crippen molar-refractivity contribution >= 4 is 11.9 Å². The Hall–Kier alpha value is -3.88. The van der Waals surface area contributed by atoms with Gasteiger partial charge in [0.1, 0.15) is 32.5 Å². The first-order chi connectivity index (χ1) is 19.8. The van der Waals surface area contributed by atoms with Crippen molar-refractivity contribution in [3.8, 4) is 11.5 Å². The first kappa shape index (κ1) is 32.6. The minimum atomic E-state index is -0.964. The lowest BCUT2D eigenvalue weighted by Crippen LogP contribution is -2.48. The zero-order chi connectivity index (χ0) is 30.8. The van der Waals surface area contributed by atoms with Gasteiger partial charge in [0.05, 0.1) is 11.0 Å². The van der Waals surface area contributed by atoms with Crippen LogP contribution in [0.15, 0.2) is 72.8 Å². The summed E-state index contributed by atoms with van der Waals surface area (Å²) in [6.45, 7) is 11.6. The molecule has 0 aliphatic rings. The van der Waals surface area contributed by atoms with Gasteiger partial charge < -0.3 is 29.4 Å². The average molecular weight is 578 g/mol. The van der Waals surface area contributed by atoms with E-state index in [0.717, 1.165) is 11.1 Å². The Kier molecular flexibility index (Phi) is 11.5. The van der Waals surface area contributed by atoms with E-state index < -0.39 is 23.0 Å². The van der Waals surface area contributed by atoms with E-state index in [1.807, 2.05) is 74.5 Å². The van der Waals surface area contributed by atoms with Crippen LogP contribution in [0.4, 0.5) is 0 Å². The maximum Gasteiger partial charge on any atom is 0.338 e. The van der Waals surface area contributed by atoms with Gasteiger partial charge in [0.25, 0.3) is 0 Å². The van der Waals surface area contributed by atoms with Crippen LogP contribution in [-0.4, -0.2) is 48.4 Å². The summed E-state index contributed by atoms with van der Waals surface area (Å²) in [6, 6.07) is 22.9. The summed E-state index contributed by atoms with van der Waals surface area (Å²) in [5.41, 5.74) is 1.78. The molecule has 8 nitrogen and oxygen atoms in total. The summed E-state index contributed by atoms with van der Waals surface area (Å²) in [4.78, 5) is 25.1. The minimum Gasteiger partial charge on any atom is -0.485 e. The lowest BCUT2D eigenvalue weighted by atomic mass is 9.97. The largest absolute Gasteiger partial charge is 0.485 e. The number of aryl methyl sites for hydroxylation is 1. The molecule has 0 saturated heterocycles. The van der Waals surface area contributed by atoms with Gasteiger partial charge in [0, 0.05) is 12.1 Å². The highest BCUT2D eigenvalue weighted by atomic mass is 16.5. The van der Waals surface area contributed by atoms with Crippen LogP contribution in [0.1, 0.15) is 61.7 Å². The zero-order valence-corrected chi connectivity index (χ0v) is 25.4. The summed E-state index contributed by atoms with van der Waals surface area (Å²) < 4.78 is 23.0. The maximum atomic E-state index is 13.1. The number of esters is 2. The molecule has 3 rings (SSSR count). The Labute approximate surface area is 249 Å². The number of aliphatic hydroxyl groups excluding tert-OH is 1. The Balaban J connectivity index is 1.62. The van der Waals surface area contributed by atoms with Crippen LogP contribution in [-0.2, 0) is 27.5 Å². The molecule has 0 amide bonds. The molecule has 3 aromatic carbocycles. The van der Waals surface area contributed by atoms with Gasteiger partial charge >= 0.3 is 11.9 Å². The molecule has 0 bridgehead atoms. The van der Waals surface area contributed by atoms with Gasteiger partial charge in [-0.05, 0) is 70.4 Å². The van der Waals surface area contributed by atoms with Gasteiger partial charge in [0.2, 0.25) is 0 Å². The molecule has 2 N–H and O–H groups in total. The van der Waals surface area contributed by atoms with Gasteiger partial charge in [0.15, 0.2) is 11.5 Å². The molecule has 0 spiro atoms. The van der Waals surface area contributed by atoms with Gasteiger partial charge in [-0.25, -0.2) is 4.79 Å². The fraction of sp³-hybridized carbons (Fsp3) is 0.412. The standard InChI is InChI=1S/C34H43NO7/c1-24-17-29(39-20-25-13-9-7-10-14-25)30(40-21-26-15-11-8-12-16-26)18-28(24)31(37)41-22-27(36)19-35-34(5,6)23-42-32(38)33(2,3)4/h7-18,27,35-36H,19-23H2,1-6H3/t27-/m0/s1. The first-order valence-electron chi connectivity index (χ1n) is 14.1. The topological polar surface area (TPSA) is 103 Å². The SMILES string of the molecule is Cc1cc(OCc2ccccc2)c(OCc2ccccc2)cc1C(=O)OC[C@@H](O)CNC(C)(C)COC(=O)C(C)(C)C. The second-order valence-corrected chi connectivity index (χ2v) is 12.0. The van der Waals surface area contributed by atoms with E-state index in [2.05, 4.69) is 5.32 Å². The second kappa shape index (κ2) is 14.8. The van der Waals surface area contributed by atoms with Crippen LogP contribution in [0.2, 0.25) is 0 Å². The molecule has 226 valence electrons. The van der Waals surface area contributed by atoms with E-state index in [1.165, 1.54) is 0 Å². The van der Waals surface area contributed by atoms with E-state index >= 15 is 0 Å². The van der Waals surface area contributed by atoms with Crippen LogP contribution >= 0.6 is 0 Å². The number of ether oxygens (including phenoxy) is 4. The van der Waals surface area contributed by atoms with Crippen molar-refractivity contribution in [3.05, 3.63) is 95.1 Å². The Morgan fingerprint density at radius 1 is 0.810 bits per heavy atom. The summed E-state index contributed by atoms with van der Waals surface area (Å²) >= 11 is 0. The summed E-state index contributed by atoms with van der Waals surface area (Å²) in [7, 11) is 0. The third-order valence-electron chi connectivity index (χ3n) is 6.38. The Morgan fingerprint density at radius 3 is 1.86 bits per heavy atom. The first-order valence-corrected chi connectivity index (χ1v) is 14.1. The van der Waals surface area contributed by atoms with Gasteiger partial charge in [-0.3, -0.25) is 4.79 Å². The lowest BCUT2D eigenvalue weighted by Gasteiger charge is -2.28. The summed E-state index contributed by atoms with van der Waals surface area (Å²) in [5.74, 6) is 0.0541. The van der Waals surface area contributed by atoms with E-state index in [-0.39, 0.29) is 25.7 Å². The summed E-state index contributed by atoms with van der Waals surface area (Å²) in [5, 5.41) is 13.6. The molecule has 0 heterocycles. The Morgan fingerprint density at radius 2 is 1.33 bits per heavy atom. The predicted octanol–water partition coefficient (Wildman–Crippen LogP) is 5.63. The van der Waals surface area contributed by atoms with Crippen LogP contribution < -0.4 is 14.8 Å². The van der Waals surface area contributed by atoms with Crippen molar-refractivity contribution in [2.45, 2.75) is 66.4 Å². The number of hydrogen-bond donors (Lipinski definition) is 2. The van der Waals surface area contributed by atoms with Gasteiger partial charge in [-0.2, -0.15) is 0 Å². The fourth-order valence-corrected chi connectivity index (χ4v) is 3.79. The van der Waals surface area contributed by atoms with E-state index in [9.17, 15) is 14.7 Å². The number of rotatable bonds is 14. The molecular weight excluding hydrogens is 534 g/mol. The molecule has 42 heavy (non-hydrogen) atoms. The monoisotopic (exact) mass is 577 g/mol. The number of benzene rings is 3. The average Bonchev–Trinajstić information content (AvgIpc) is 2.96. The van der Waals surface area contributed by atoms with Crippen LogP contribution in [0.3, 0.4) is 0 Å². The minimum absolute atomic E-state index is 0.138. The van der Waals surface area contributed by atoms with E-state index in [0.29, 0.717) is 35.8 Å². The number of carbonyl (C=O) groups excluding carboxylic acids is 2. The normalized spacial score (nSPS) is 12.4. The van der Waals surface area contributed by atoms with Crippen molar-refractivity contribution in [3.63, 3.8) is 0 Å². The molecule has 1 atom stereocenters. The summed E-state index contributed by atoms with van der Waals surface area (Å²) in [6.07, 6.45) is -0.964. The quantitative estimate of drug-likeness (QED) is 0.238. The van der Waals surface area contributed by atoms with Crippen molar-refractivity contribution in [2.24, 2.45) is 5.41 Å². The highest BCUT2D eigenvalue weighted by Crippen LogP contribution is 2.33. The molecule has 0 radical (unpaired) electrons. The van der Waals surface area contributed by atoms with Crippen molar-refractivity contribution in [1.29, 1.82) is 0 Å². The zero-order valence-electron chi connectivity index (χ0n) is 25.4. The maximum absolute atomic E-state index is 13.1. The number of nitrogens with one attached hydrogen (secondary N) is 1. The molecule has 0 aromatic heterocycles. The molecule has 8 heteroatoms. The van der Waals surface area contributed by atoms with Gasteiger partial charge in [-0.15, -0.1) is 0 Å². The number of aliphatic hydroxyl groups is 1. The Bertz CT molecular complexity index is 1300. The van der Waals surface area contributed by atoms with Gasteiger partial charge in [-0.1, -0.05) is 60.7 Å². The smallest absolute Gasteiger partial charge is 0.338 e. The molecule has 0 unspecified atom stereocenters. The highest BCUT2D eigenvalue weighted by Gasteiger charge is 2.27. The van der Waals surface area contributed by atoms with E-state index in [4.69, 9.17) is 18.9 Å². The van der Waals surface area contributed by atoms with Crippen LogP contribution in [0.25, 0.3) is 0 Å². The fourth-order valence-electron chi connectivity index (χ4n) is 3.79.